The predicted molar refractivity (Wildman–Crippen MR) is 62.9 cm³/mol. The van der Waals surface area contributed by atoms with Gasteiger partial charge < -0.3 is 0 Å². The van der Waals surface area contributed by atoms with Crippen LogP contribution in [-0.4, -0.2) is 20.6 Å². The maximum absolute atomic E-state index is 4.30. The van der Waals surface area contributed by atoms with E-state index in [2.05, 4.69) is 26.2 Å². The topological polar surface area (TPSA) is 71.3 Å². The molecule has 0 bridgehead atoms. The summed E-state index contributed by atoms with van der Waals surface area (Å²) in [5.41, 5.74) is 2.41. The van der Waals surface area contributed by atoms with Crippen molar-refractivity contribution in [2.75, 3.05) is 0 Å². The molecule has 7 heteroatoms. The van der Waals surface area contributed by atoms with Crippen LogP contribution in [0.25, 0.3) is 0 Å². The molecule has 0 aromatic carbocycles. The highest BCUT2D eigenvalue weighted by molar-refractivity contribution is 4.93. The second kappa shape index (κ2) is 4.38. The van der Waals surface area contributed by atoms with E-state index in [4.69, 9.17) is 0 Å². The summed E-state index contributed by atoms with van der Waals surface area (Å²) in [7, 11) is 3.69. The summed E-state index contributed by atoms with van der Waals surface area (Å²) >= 11 is 0. The third kappa shape index (κ3) is 3.47. The number of aromatic nitrogens is 4. The van der Waals surface area contributed by atoms with Crippen LogP contribution in [-0.2, 0) is 19.6 Å². The highest BCUT2D eigenvalue weighted by Crippen LogP contribution is 2.20. The molecular formula is C10H22N7+. The highest BCUT2D eigenvalue weighted by atomic mass is 15.6. The van der Waals surface area contributed by atoms with Crippen molar-refractivity contribution in [3.63, 3.8) is 0 Å². The van der Waals surface area contributed by atoms with Gasteiger partial charge in [0.2, 0.25) is 0 Å². The van der Waals surface area contributed by atoms with Crippen LogP contribution in [0.3, 0.4) is 0 Å². The first kappa shape index (κ1) is 13.5. The molecule has 96 valence electrons. The van der Waals surface area contributed by atoms with Crippen molar-refractivity contribution in [1.29, 1.82) is 0 Å². The van der Waals surface area contributed by atoms with Gasteiger partial charge in [0.1, 0.15) is 5.21 Å². The zero-order chi connectivity index (χ0) is 13.3. The average Bonchev–Trinajstić information content (AvgIpc) is 2.43. The van der Waals surface area contributed by atoms with Crippen molar-refractivity contribution in [2.24, 2.45) is 24.4 Å². The third-order valence-corrected chi connectivity index (χ3v) is 2.15. The largest absolute Gasteiger partial charge is 0.286 e. The van der Waals surface area contributed by atoms with E-state index >= 15 is 0 Å². The Labute approximate surface area is 102 Å². The number of rotatable bonds is 3. The summed E-state index contributed by atoms with van der Waals surface area (Å²) in [6, 6.07) is 0. The quantitative estimate of drug-likeness (QED) is 0.478. The summed E-state index contributed by atoms with van der Waals surface area (Å²) in [6.07, 6.45) is 0. The third-order valence-electron chi connectivity index (χ3n) is 2.15. The minimum Gasteiger partial charge on any atom is -0.286 e. The van der Waals surface area contributed by atoms with Crippen LogP contribution in [0.2, 0.25) is 0 Å². The normalized spacial score (nSPS) is 13.4. The molecule has 17 heavy (non-hydrogen) atoms. The molecule has 7 nitrogen and oxygen atoms in total. The predicted octanol–water partition coefficient (Wildman–Crippen LogP) is 0.630. The molecule has 0 saturated carbocycles. The summed E-state index contributed by atoms with van der Waals surface area (Å²) in [6.45, 7) is 10.0. The minimum atomic E-state index is -0.481. The first-order valence-corrected chi connectivity index (χ1v) is 5.59. The van der Waals surface area contributed by atoms with Crippen molar-refractivity contribution in [3.8, 4) is 0 Å². The Morgan fingerprint density at radius 3 is 2.24 bits per heavy atom. The van der Waals surface area contributed by atoms with Crippen molar-refractivity contribution in [1.82, 2.24) is 20.5 Å². The van der Waals surface area contributed by atoms with E-state index in [0.29, 0.717) is 0 Å². The Morgan fingerprint density at radius 1 is 1.24 bits per heavy atom. The van der Waals surface area contributed by atoms with Crippen molar-refractivity contribution >= 4 is 0 Å². The first-order chi connectivity index (χ1) is 7.63. The van der Waals surface area contributed by atoms with E-state index < -0.39 is 5.54 Å². The van der Waals surface area contributed by atoms with E-state index in [9.17, 15) is 0 Å². The fourth-order valence-corrected chi connectivity index (χ4v) is 1.55. The van der Waals surface area contributed by atoms with Gasteiger partial charge in [-0.1, -0.05) is 9.91 Å². The Bertz CT molecular complexity index is 391. The number of hydrogen-bond donors (Lipinski definition) is 1. The number of aryl methyl sites for hydroxylation is 2. The van der Waals surface area contributed by atoms with Gasteiger partial charge in [-0.3, -0.25) is 5.43 Å². The van der Waals surface area contributed by atoms with Crippen LogP contribution >= 0.6 is 0 Å². The maximum Gasteiger partial charge on any atom is 0.285 e. The van der Waals surface area contributed by atoms with Gasteiger partial charge in [-0.25, -0.2) is 0 Å². The molecule has 0 fully saturated rings. The van der Waals surface area contributed by atoms with E-state index in [1.54, 1.807) is 9.36 Å². The lowest BCUT2D eigenvalue weighted by atomic mass is 10.1. The van der Waals surface area contributed by atoms with Crippen LogP contribution < -0.4 is 10.1 Å². The second-order valence-electron chi connectivity index (χ2n) is 5.67. The first-order valence-electron chi connectivity index (χ1n) is 5.59. The van der Waals surface area contributed by atoms with Crippen LogP contribution in [0.5, 0.6) is 0 Å². The van der Waals surface area contributed by atoms with E-state index in [1.807, 2.05) is 48.7 Å². The van der Waals surface area contributed by atoms with Gasteiger partial charge in [-0.05, 0) is 34.6 Å². The molecule has 0 atom stereocenters. The van der Waals surface area contributed by atoms with Gasteiger partial charge in [0.25, 0.3) is 5.82 Å². The molecule has 0 radical (unpaired) electrons. The lowest BCUT2D eigenvalue weighted by Gasteiger charge is -2.18. The lowest BCUT2D eigenvalue weighted by Crippen LogP contribution is -2.42. The van der Waals surface area contributed by atoms with Gasteiger partial charge in [-0.2, -0.15) is 5.11 Å². The molecule has 0 saturated heterocycles. The molecule has 1 aromatic rings. The van der Waals surface area contributed by atoms with Crippen molar-refractivity contribution < 1.29 is 4.68 Å². The fourth-order valence-electron chi connectivity index (χ4n) is 1.55. The molecule has 1 aromatic heterocycles. The Morgan fingerprint density at radius 2 is 1.82 bits per heavy atom. The number of nitrogens with zero attached hydrogens (tertiary/aromatic N) is 6. The van der Waals surface area contributed by atoms with Gasteiger partial charge in [-0.15, -0.1) is 4.68 Å². The van der Waals surface area contributed by atoms with E-state index in [-0.39, 0.29) is 5.54 Å². The number of nitrogens with one attached hydrogen (secondary N) is 1. The van der Waals surface area contributed by atoms with Crippen LogP contribution in [0.4, 0.5) is 0 Å². The van der Waals surface area contributed by atoms with Crippen LogP contribution in [0.1, 0.15) is 40.4 Å². The summed E-state index contributed by atoms with van der Waals surface area (Å²) in [5, 5.41) is 16.2. The van der Waals surface area contributed by atoms with Gasteiger partial charge in [0, 0.05) is 5.54 Å². The SMILES string of the molecule is Cn1nn[n+](C)c1C(C)(C)N=NNC(C)(C)C. The Balaban J connectivity index is 2.89. The number of tetrazole rings is 1. The summed E-state index contributed by atoms with van der Waals surface area (Å²) in [5.74, 6) is 0.886. The monoisotopic (exact) mass is 240 g/mol. The molecule has 0 spiro atoms. The molecule has 1 rings (SSSR count). The lowest BCUT2D eigenvalue weighted by molar-refractivity contribution is -0.741. The zero-order valence-corrected chi connectivity index (χ0v) is 11.7. The summed E-state index contributed by atoms with van der Waals surface area (Å²) < 4.78 is 3.41. The molecule has 1 N–H and O–H groups in total. The molecular weight excluding hydrogens is 218 g/mol. The van der Waals surface area contributed by atoms with Gasteiger partial charge in [0.15, 0.2) is 10.8 Å². The smallest absolute Gasteiger partial charge is 0.285 e. The van der Waals surface area contributed by atoms with Gasteiger partial charge >= 0.3 is 0 Å². The highest BCUT2D eigenvalue weighted by Gasteiger charge is 2.34. The van der Waals surface area contributed by atoms with Crippen LogP contribution in [0.15, 0.2) is 10.3 Å². The average molecular weight is 240 g/mol. The molecule has 0 aliphatic carbocycles. The van der Waals surface area contributed by atoms with Crippen LogP contribution in [0, 0.1) is 0 Å². The standard InChI is InChI=1S/C10H22N7/c1-9(2,3)11-13-12-10(4,5)8-16(6)14-15-17(8)7/h1-7H3,(H,11,12)/q+1. The number of hydrogen-bond acceptors (Lipinski definition) is 4. The Kier molecular flexibility index (Phi) is 3.49. The molecule has 0 amide bonds. The van der Waals surface area contributed by atoms with Gasteiger partial charge in [0.05, 0.1) is 14.1 Å². The second-order valence-corrected chi connectivity index (χ2v) is 5.67. The minimum absolute atomic E-state index is 0.0908. The maximum atomic E-state index is 4.30. The molecule has 0 aliphatic heterocycles. The van der Waals surface area contributed by atoms with Crippen molar-refractivity contribution in [3.05, 3.63) is 5.82 Å². The Hall–Kier alpha value is -1.53. The van der Waals surface area contributed by atoms with Crippen molar-refractivity contribution in [2.45, 2.75) is 45.7 Å². The van der Waals surface area contributed by atoms with E-state index in [1.165, 1.54) is 0 Å². The zero-order valence-electron chi connectivity index (χ0n) is 11.7. The summed E-state index contributed by atoms with van der Waals surface area (Å²) in [4.78, 5) is 0. The van der Waals surface area contributed by atoms with E-state index in [0.717, 1.165) is 5.82 Å². The fraction of sp³-hybridized carbons (Fsp3) is 0.900. The molecule has 0 unspecified atom stereocenters. The molecule has 1 heterocycles. The molecule has 0 aliphatic rings.